The zero-order chi connectivity index (χ0) is 12.9. The zero-order valence-electron chi connectivity index (χ0n) is 10.1. The van der Waals surface area contributed by atoms with Crippen LogP contribution in [-0.2, 0) is 4.74 Å². The molecule has 0 spiro atoms. The van der Waals surface area contributed by atoms with E-state index in [0.717, 1.165) is 6.54 Å². The van der Waals surface area contributed by atoms with Gasteiger partial charge in [-0.1, -0.05) is 0 Å². The summed E-state index contributed by atoms with van der Waals surface area (Å²) >= 11 is 0. The molecule has 0 radical (unpaired) electrons. The first-order valence-electron chi connectivity index (χ1n) is 5.74. The largest absolute Gasteiger partial charge is 0.491 e. The summed E-state index contributed by atoms with van der Waals surface area (Å²) in [6.45, 7) is 2.77. The summed E-state index contributed by atoms with van der Waals surface area (Å²) in [5.74, 6) is -0.392. The van der Waals surface area contributed by atoms with Crippen LogP contribution in [0.2, 0.25) is 0 Å². The number of carbonyl (C=O) groups is 2. The van der Waals surface area contributed by atoms with Gasteiger partial charge < -0.3 is 9.64 Å². The van der Waals surface area contributed by atoms with Crippen molar-refractivity contribution in [2.45, 2.75) is 13.0 Å². The maximum Gasteiger partial charge on any atom is 0.248 e. The molecule has 1 aromatic heterocycles. The molecule has 2 aliphatic rings. The zero-order valence-corrected chi connectivity index (χ0v) is 10.1. The minimum Gasteiger partial charge on any atom is -0.491 e. The molecule has 1 aromatic rings. The Morgan fingerprint density at radius 1 is 1.39 bits per heavy atom. The SMILES string of the molecule is COC1=C(N2CC2C)C(=O)c2cccnc2C1=O. The van der Waals surface area contributed by atoms with Gasteiger partial charge in [0, 0.05) is 18.8 Å². The number of methoxy groups -OCH3 is 1. The first kappa shape index (κ1) is 11.0. The Labute approximate surface area is 104 Å². The Morgan fingerprint density at radius 2 is 2.11 bits per heavy atom. The van der Waals surface area contributed by atoms with Crippen LogP contribution in [-0.4, -0.2) is 41.1 Å². The molecule has 0 N–H and O–H groups in total. The summed E-state index contributed by atoms with van der Waals surface area (Å²) in [5, 5.41) is 0. The molecule has 92 valence electrons. The molecule has 0 bridgehead atoms. The number of pyridine rings is 1. The summed E-state index contributed by atoms with van der Waals surface area (Å²) in [5.41, 5.74) is 0.908. The van der Waals surface area contributed by atoms with Crippen LogP contribution in [0.3, 0.4) is 0 Å². The van der Waals surface area contributed by atoms with Crippen LogP contribution >= 0.6 is 0 Å². The van der Waals surface area contributed by atoms with Gasteiger partial charge in [-0.05, 0) is 19.1 Å². The molecule has 1 aliphatic heterocycles. The van der Waals surface area contributed by atoms with E-state index >= 15 is 0 Å². The monoisotopic (exact) mass is 244 g/mol. The second kappa shape index (κ2) is 3.66. The van der Waals surface area contributed by atoms with Crippen molar-refractivity contribution >= 4 is 11.6 Å². The first-order valence-corrected chi connectivity index (χ1v) is 5.74. The topological polar surface area (TPSA) is 59.3 Å². The third kappa shape index (κ3) is 1.37. The molecular formula is C13H12N2O3. The van der Waals surface area contributed by atoms with E-state index in [0.29, 0.717) is 11.3 Å². The van der Waals surface area contributed by atoms with Gasteiger partial charge in [-0.3, -0.25) is 14.6 Å². The summed E-state index contributed by atoms with van der Waals surface area (Å²) in [4.78, 5) is 30.5. The second-order valence-corrected chi connectivity index (χ2v) is 4.44. The van der Waals surface area contributed by atoms with E-state index in [-0.39, 0.29) is 29.1 Å². The normalized spacial score (nSPS) is 22.1. The molecule has 18 heavy (non-hydrogen) atoms. The smallest absolute Gasteiger partial charge is 0.248 e. The summed E-state index contributed by atoms with van der Waals surface area (Å²) < 4.78 is 5.12. The van der Waals surface area contributed by atoms with Crippen LogP contribution < -0.4 is 0 Å². The Hall–Kier alpha value is -2.17. The highest BCUT2D eigenvalue weighted by molar-refractivity contribution is 6.25. The lowest BCUT2D eigenvalue weighted by Crippen LogP contribution is -2.28. The minimum atomic E-state index is -0.318. The maximum atomic E-state index is 12.4. The van der Waals surface area contributed by atoms with Gasteiger partial charge in [0.05, 0.1) is 12.7 Å². The fraction of sp³-hybridized carbons (Fsp3) is 0.308. The predicted molar refractivity (Wildman–Crippen MR) is 63.1 cm³/mol. The van der Waals surface area contributed by atoms with E-state index in [1.807, 2.05) is 11.8 Å². The van der Waals surface area contributed by atoms with Crippen LogP contribution in [0, 0.1) is 0 Å². The number of hydrogen-bond acceptors (Lipinski definition) is 5. The molecule has 1 saturated heterocycles. The molecule has 0 aromatic carbocycles. The predicted octanol–water partition coefficient (Wildman–Crippen LogP) is 1.02. The number of rotatable bonds is 2. The van der Waals surface area contributed by atoms with Crippen LogP contribution in [0.4, 0.5) is 0 Å². The van der Waals surface area contributed by atoms with Crippen molar-refractivity contribution in [1.82, 2.24) is 9.88 Å². The molecule has 1 atom stereocenters. The number of hydrogen-bond donors (Lipinski definition) is 0. The molecule has 5 heteroatoms. The van der Waals surface area contributed by atoms with Gasteiger partial charge in [-0.15, -0.1) is 0 Å². The average molecular weight is 244 g/mol. The van der Waals surface area contributed by atoms with E-state index < -0.39 is 0 Å². The molecule has 2 heterocycles. The number of aromatic nitrogens is 1. The van der Waals surface area contributed by atoms with Crippen LogP contribution in [0.15, 0.2) is 29.8 Å². The van der Waals surface area contributed by atoms with E-state index in [9.17, 15) is 9.59 Å². The number of carbonyl (C=O) groups excluding carboxylic acids is 2. The quantitative estimate of drug-likeness (QED) is 0.727. The Morgan fingerprint density at radius 3 is 2.72 bits per heavy atom. The van der Waals surface area contributed by atoms with Gasteiger partial charge in [0.15, 0.2) is 5.76 Å². The lowest BCUT2D eigenvalue weighted by Gasteiger charge is -2.20. The van der Waals surface area contributed by atoms with Crippen molar-refractivity contribution in [3.63, 3.8) is 0 Å². The fourth-order valence-electron chi connectivity index (χ4n) is 2.21. The van der Waals surface area contributed by atoms with Crippen LogP contribution in [0.25, 0.3) is 0 Å². The van der Waals surface area contributed by atoms with Crippen molar-refractivity contribution in [1.29, 1.82) is 0 Å². The number of Topliss-reactive ketones (excluding diaryl/α,β-unsaturated/α-hetero) is 2. The Bertz CT molecular complexity index is 592. The number of fused-ring (bicyclic) bond motifs is 1. The van der Waals surface area contributed by atoms with Gasteiger partial charge in [0.1, 0.15) is 11.4 Å². The highest BCUT2D eigenvalue weighted by Gasteiger charge is 2.43. The van der Waals surface area contributed by atoms with E-state index in [2.05, 4.69) is 4.98 Å². The maximum absolute atomic E-state index is 12.4. The van der Waals surface area contributed by atoms with Gasteiger partial charge in [-0.2, -0.15) is 0 Å². The molecule has 5 nitrogen and oxygen atoms in total. The number of allylic oxidation sites excluding steroid dienone is 2. The van der Waals surface area contributed by atoms with Crippen molar-refractivity contribution in [3.05, 3.63) is 41.0 Å². The summed E-state index contributed by atoms with van der Waals surface area (Å²) in [6, 6.07) is 3.56. The molecule has 1 fully saturated rings. The Balaban J connectivity index is 2.18. The average Bonchev–Trinajstić information content (AvgIpc) is 3.10. The minimum absolute atomic E-state index is 0.107. The van der Waals surface area contributed by atoms with E-state index in [4.69, 9.17) is 4.74 Å². The standard InChI is InChI=1S/C13H12N2O3/c1-7-6-15(7)10-11(16)8-4-3-5-14-9(8)12(17)13(10)18-2/h3-5,7H,6H2,1-2H3. The molecule has 0 amide bonds. The second-order valence-electron chi connectivity index (χ2n) is 4.44. The summed E-state index contributed by atoms with van der Waals surface area (Å²) in [7, 11) is 1.41. The molecule has 1 aliphatic carbocycles. The fourth-order valence-corrected chi connectivity index (χ4v) is 2.21. The van der Waals surface area contributed by atoms with Gasteiger partial charge in [0.2, 0.25) is 11.6 Å². The third-order valence-corrected chi connectivity index (χ3v) is 3.25. The number of ether oxygens (including phenoxy) is 1. The highest BCUT2D eigenvalue weighted by Crippen LogP contribution is 2.33. The molecule has 0 saturated carbocycles. The van der Waals surface area contributed by atoms with Crippen LogP contribution in [0.1, 0.15) is 27.8 Å². The van der Waals surface area contributed by atoms with Gasteiger partial charge in [0.25, 0.3) is 0 Å². The first-order chi connectivity index (χ1) is 8.65. The molecule has 1 unspecified atom stereocenters. The number of nitrogens with zero attached hydrogens (tertiary/aromatic N) is 2. The van der Waals surface area contributed by atoms with Crippen molar-refractivity contribution < 1.29 is 14.3 Å². The Kier molecular flexibility index (Phi) is 2.23. The van der Waals surface area contributed by atoms with Gasteiger partial charge >= 0.3 is 0 Å². The van der Waals surface area contributed by atoms with E-state index in [1.54, 1.807) is 12.1 Å². The number of ketones is 2. The lowest BCUT2D eigenvalue weighted by molar-refractivity contribution is 0.0884. The molecule has 3 rings (SSSR count). The van der Waals surface area contributed by atoms with E-state index in [1.165, 1.54) is 13.3 Å². The van der Waals surface area contributed by atoms with Crippen molar-refractivity contribution in [2.24, 2.45) is 0 Å². The van der Waals surface area contributed by atoms with Crippen molar-refractivity contribution in [3.8, 4) is 0 Å². The lowest BCUT2D eigenvalue weighted by atomic mass is 9.95. The summed E-state index contributed by atoms with van der Waals surface area (Å²) in [6.07, 6.45) is 1.50. The van der Waals surface area contributed by atoms with Gasteiger partial charge in [-0.25, -0.2) is 0 Å². The molecular weight excluding hydrogens is 232 g/mol. The van der Waals surface area contributed by atoms with Crippen LogP contribution in [0.5, 0.6) is 0 Å². The highest BCUT2D eigenvalue weighted by atomic mass is 16.5. The van der Waals surface area contributed by atoms with Crippen molar-refractivity contribution in [2.75, 3.05) is 13.7 Å². The third-order valence-electron chi connectivity index (χ3n) is 3.25.